The number of hydrogen-bond donors (Lipinski definition) is 2. The summed E-state index contributed by atoms with van der Waals surface area (Å²) >= 11 is 1.63. The summed E-state index contributed by atoms with van der Waals surface area (Å²) in [5, 5.41) is 8.84. The normalized spacial score (nSPS) is 12.1. The number of nitrogens with two attached hydrogens (primary N) is 1. The van der Waals surface area contributed by atoms with Crippen molar-refractivity contribution in [1.29, 1.82) is 0 Å². The third-order valence-corrected chi connectivity index (χ3v) is 3.85. The minimum Gasteiger partial charge on any atom is -1.00 e. The molecule has 2 rings (SSSR count). The van der Waals surface area contributed by atoms with Gasteiger partial charge in [-0.2, -0.15) is 4.57 Å². The highest BCUT2D eigenvalue weighted by atomic mass is 127. The summed E-state index contributed by atoms with van der Waals surface area (Å²) in [6.07, 6.45) is 0.372. The number of rotatable bonds is 4. The van der Waals surface area contributed by atoms with Crippen molar-refractivity contribution < 1.29 is 38.4 Å². The van der Waals surface area contributed by atoms with Crippen molar-refractivity contribution in [2.45, 2.75) is 25.9 Å². The molecule has 0 radical (unpaired) electrons. The van der Waals surface area contributed by atoms with Crippen LogP contribution in [-0.4, -0.2) is 17.1 Å². The van der Waals surface area contributed by atoms with E-state index in [1.54, 1.807) is 11.3 Å². The van der Waals surface area contributed by atoms with Gasteiger partial charge in [-0.15, -0.1) is 0 Å². The molecule has 98 valence electrons. The van der Waals surface area contributed by atoms with E-state index in [-0.39, 0.29) is 24.0 Å². The molecule has 0 aliphatic rings. The summed E-state index contributed by atoms with van der Waals surface area (Å²) < 4.78 is 3.28. The fourth-order valence-electron chi connectivity index (χ4n) is 1.84. The maximum atomic E-state index is 10.8. The van der Waals surface area contributed by atoms with Crippen molar-refractivity contribution in [3.63, 3.8) is 0 Å². The molecular weight excluding hydrogens is 363 g/mol. The second-order valence-corrected chi connectivity index (χ2v) is 4.78. The number of aromatic nitrogens is 1. The molecule has 1 atom stereocenters. The van der Waals surface area contributed by atoms with E-state index >= 15 is 0 Å². The smallest absolute Gasteiger partial charge is 0.320 e. The van der Waals surface area contributed by atoms with Crippen LogP contribution in [0.3, 0.4) is 0 Å². The highest BCUT2D eigenvalue weighted by Crippen LogP contribution is 2.22. The summed E-state index contributed by atoms with van der Waals surface area (Å²) in [7, 11) is 0. The first-order valence-corrected chi connectivity index (χ1v) is 6.38. The second kappa shape index (κ2) is 6.44. The number of carboxylic acids is 1. The van der Waals surface area contributed by atoms with Gasteiger partial charge in [0.25, 0.3) is 0 Å². The number of aryl methyl sites for hydroxylation is 1. The monoisotopic (exact) mass is 378 g/mol. The van der Waals surface area contributed by atoms with Crippen molar-refractivity contribution in [1.82, 2.24) is 0 Å². The predicted octanol–water partition coefficient (Wildman–Crippen LogP) is -1.83. The van der Waals surface area contributed by atoms with Crippen molar-refractivity contribution in [3.05, 3.63) is 29.3 Å². The molecule has 0 bridgehead atoms. The van der Waals surface area contributed by atoms with Crippen molar-refractivity contribution in [2.24, 2.45) is 5.73 Å². The number of carbonyl (C=O) groups is 1. The number of carboxylic acid groups (broad SMARTS) is 1. The molecule has 18 heavy (non-hydrogen) atoms. The summed E-state index contributed by atoms with van der Waals surface area (Å²) in [4.78, 5) is 10.8. The molecular formula is C12H15IN2O2S. The van der Waals surface area contributed by atoms with Gasteiger partial charge in [0.05, 0.1) is 0 Å². The Kier molecular flexibility index (Phi) is 5.48. The number of fused-ring (bicyclic) bond motifs is 1. The topological polar surface area (TPSA) is 67.2 Å². The second-order valence-electron chi connectivity index (χ2n) is 3.92. The van der Waals surface area contributed by atoms with Gasteiger partial charge in [-0.3, -0.25) is 4.79 Å². The van der Waals surface area contributed by atoms with E-state index in [0.29, 0.717) is 6.42 Å². The molecule has 6 heteroatoms. The molecule has 0 aliphatic carbocycles. The predicted molar refractivity (Wildman–Crippen MR) is 67.0 cm³/mol. The average Bonchev–Trinajstić information content (AvgIpc) is 2.72. The zero-order valence-corrected chi connectivity index (χ0v) is 12.9. The lowest BCUT2D eigenvalue weighted by Gasteiger charge is -2.05. The maximum absolute atomic E-state index is 10.8. The Hall–Kier alpha value is -0.730. The molecule has 0 spiro atoms. The van der Waals surface area contributed by atoms with Crippen LogP contribution in [0.1, 0.15) is 12.5 Å². The molecule has 3 N–H and O–H groups in total. The quantitative estimate of drug-likeness (QED) is 0.486. The molecule has 0 unspecified atom stereocenters. The number of hydrogen-bond acceptors (Lipinski definition) is 3. The van der Waals surface area contributed by atoms with E-state index in [1.807, 2.05) is 18.2 Å². The van der Waals surface area contributed by atoms with E-state index in [2.05, 4.69) is 17.0 Å². The third-order valence-electron chi connectivity index (χ3n) is 2.78. The Morgan fingerprint density at radius 2 is 2.28 bits per heavy atom. The van der Waals surface area contributed by atoms with Crippen LogP contribution < -0.4 is 34.3 Å². The van der Waals surface area contributed by atoms with Gasteiger partial charge in [0.1, 0.15) is 17.3 Å². The highest BCUT2D eigenvalue weighted by Gasteiger charge is 2.17. The van der Waals surface area contributed by atoms with Crippen LogP contribution in [0.2, 0.25) is 0 Å². The van der Waals surface area contributed by atoms with Crippen LogP contribution >= 0.6 is 11.3 Å². The molecule has 1 aromatic heterocycles. The van der Waals surface area contributed by atoms with Gasteiger partial charge in [0.2, 0.25) is 11.0 Å². The number of aliphatic carboxylic acids is 1. The van der Waals surface area contributed by atoms with Crippen LogP contribution in [0.25, 0.3) is 10.2 Å². The van der Waals surface area contributed by atoms with Crippen LogP contribution in [0.15, 0.2) is 23.7 Å². The molecule has 1 aromatic carbocycles. The zero-order valence-electron chi connectivity index (χ0n) is 9.97. The Labute approximate surface area is 126 Å². The highest BCUT2D eigenvalue weighted by molar-refractivity contribution is 7.16. The fraction of sp³-hybridized carbons (Fsp3) is 0.333. The number of benzene rings is 1. The maximum Gasteiger partial charge on any atom is 0.320 e. The minimum atomic E-state index is -0.957. The molecule has 4 nitrogen and oxygen atoms in total. The Morgan fingerprint density at radius 3 is 2.89 bits per heavy atom. The lowest BCUT2D eigenvalue weighted by Crippen LogP contribution is -3.00. The van der Waals surface area contributed by atoms with Crippen LogP contribution in [0, 0.1) is 0 Å². The van der Waals surface area contributed by atoms with Gasteiger partial charge in [-0.25, -0.2) is 0 Å². The summed E-state index contributed by atoms with van der Waals surface area (Å²) in [6, 6.07) is 5.11. The standard InChI is InChI=1S/C12H14N2O2S.HI/c1-2-14-7-17-11-8(4-3-5-10(11)14)6-9(13)12(15)16;/h3-5,7,9H,2,6,13H2,1H3;1H/t9-;/m0./s1. The summed E-state index contributed by atoms with van der Waals surface area (Å²) in [5.41, 5.74) is 9.79. The van der Waals surface area contributed by atoms with Gasteiger partial charge in [0.15, 0.2) is 0 Å². The minimum absolute atomic E-state index is 0. The summed E-state index contributed by atoms with van der Waals surface area (Å²) in [5.74, 6) is -0.957. The van der Waals surface area contributed by atoms with Crippen LogP contribution in [0.4, 0.5) is 0 Å². The molecule has 0 saturated carbocycles. The molecule has 0 aliphatic heterocycles. The SMILES string of the molecule is CC[n+]1csc2c(C[C@H](N)C(=O)O)cccc21.[I-]. The zero-order chi connectivity index (χ0) is 12.4. The molecule has 0 amide bonds. The average molecular weight is 378 g/mol. The fourth-order valence-corrected chi connectivity index (χ4v) is 2.94. The number of halogens is 1. The van der Waals surface area contributed by atoms with Crippen molar-refractivity contribution in [2.75, 3.05) is 0 Å². The lowest BCUT2D eigenvalue weighted by molar-refractivity contribution is -0.663. The van der Waals surface area contributed by atoms with E-state index < -0.39 is 12.0 Å². The van der Waals surface area contributed by atoms with Crippen LogP contribution in [0.5, 0.6) is 0 Å². The first-order valence-electron chi connectivity index (χ1n) is 5.50. The lowest BCUT2D eigenvalue weighted by atomic mass is 10.1. The van der Waals surface area contributed by atoms with Gasteiger partial charge < -0.3 is 34.8 Å². The Morgan fingerprint density at radius 1 is 1.56 bits per heavy atom. The van der Waals surface area contributed by atoms with Crippen molar-refractivity contribution in [3.8, 4) is 0 Å². The van der Waals surface area contributed by atoms with Gasteiger partial charge in [-0.1, -0.05) is 23.5 Å². The first kappa shape index (κ1) is 15.3. The molecule has 1 heterocycles. The first-order chi connectivity index (χ1) is 8.13. The Bertz CT molecular complexity index is 556. The third kappa shape index (κ3) is 2.99. The molecule has 0 fully saturated rings. The van der Waals surface area contributed by atoms with E-state index in [0.717, 1.165) is 22.3 Å². The van der Waals surface area contributed by atoms with Crippen LogP contribution in [-0.2, 0) is 17.8 Å². The van der Waals surface area contributed by atoms with E-state index in [1.165, 1.54) is 0 Å². The van der Waals surface area contributed by atoms with E-state index in [9.17, 15) is 4.79 Å². The van der Waals surface area contributed by atoms with Gasteiger partial charge in [-0.05, 0) is 18.9 Å². The Balaban J connectivity index is 0.00000162. The molecule has 2 aromatic rings. The molecule has 0 saturated heterocycles. The summed E-state index contributed by atoms with van der Waals surface area (Å²) in [6.45, 7) is 3.00. The number of thiazole rings is 1. The number of nitrogens with zero attached hydrogens (tertiary/aromatic N) is 1. The van der Waals surface area contributed by atoms with Gasteiger partial charge in [0, 0.05) is 6.07 Å². The largest absolute Gasteiger partial charge is 1.00 e. The van der Waals surface area contributed by atoms with Crippen molar-refractivity contribution >= 4 is 27.5 Å². The van der Waals surface area contributed by atoms with E-state index in [4.69, 9.17) is 10.8 Å². The van der Waals surface area contributed by atoms with Gasteiger partial charge >= 0.3 is 5.97 Å².